The Labute approximate surface area is 125 Å². The average Bonchev–Trinajstić information content (AvgIpc) is 2.29. The van der Waals surface area contributed by atoms with Gasteiger partial charge < -0.3 is 14.2 Å². The van der Waals surface area contributed by atoms with Gasteiger partial charge in [0.1, 0.15) is 25.4 Å². The molecule has 1 N–H and O–H groups in total. The zero-order chi connectivity index (χ0) is 16.7. The lowest BCUT2D eigenvalue weighted by molar-refractivity contribution is -0.155. The first-order valence-corrected chi connectivity index (χ1v) is 6.65. The van der Waals surface area contributed by atoms with E-state index in [1.165, 1.54) is 20.8 Å². The predicted molar refractivity (Wildman–Crippen MR) is 75.5 cm³/mol. The quantitative estimate of drug-likeness (QED) is 0.549. The Morgan fingerprint density at radius 3 is 1.24 bits per heavy atom. The summed E-state index contributed by atoms with van der Waals surface area (Å²) in [5, 5.41) is 3.20. The Balaban J connectivity index is 5.17. The van der Waals surface area contributed by atoms with Gasteiger partial charge in [0, 0.05) is 26.3 Å². The van der Waals surface area contributed by atoms with Gasteiger partial charge in [-0.25, -0.2) is 0 Å². The summed E-state index contributed by atoms with van der Waals surface area (Å²) in [4.78, 5) is 33.2. The predicted octanol–water partition coefficient (Wildman–Crippen LogP) is 0.803. The number of ether oxygens (including phenoxy) is 3. The van der Waals surface area contributed by atoms with E-state index in [-0.39, 0.29) is 25.4 Å². The molecule has 122 valence electrons. The van der Waals surface area contributed by atoms with Crippen LogP contribution in [0.5, 0.6) is 0 Å². The van der Waals surface area contributed by atoms with Crippen LogP contribution in [0.2, 0.25) is 0 Å². The van der Waals surface area contributed by atoms with Crippen molar-refractivity contribution in [1.29, 1.82) is 0 Å². The molecule has 0 rings (SSSR count). The van der Waals surface area contributed by atoms with Gasteiger partial charge in [-0.15, -0.1) is 0 Å². The van der Waals surface area contributed by atoms with Gasteiger partial charge in [-0.2, -0.15) is 0 Å². The maximum Gasteiger partial charge on any atom is 0.302 e. The SMILES string of the molecule is CC(=O)OCC(COC(C)=O)(COC(C)=O)NC(C)(C)C. The lowest BCUT2D eigenvalue weighted by Gasteiger charge is -2.38. The summed E-state index contributed by atoms with van der Waals surface area (Å²) in [6.45, 7) is 9.28. The number of hydrogen-bond acceptors (Lipinski definition) is 7. The molecule has 0 aromatic heterocycles. The standard InChI is InChI=1S/C14H25NO6/c1-10(16)19-7-14(8-20-11(2)17,9-21-12(3)18)15-13(4,5)6/h15H,7-9H2,1-6H3. The number of carbonyl (C=O) groups is 3. The van der Waals surface area contributed by atoms with E-state index >= 15 is 0 Å². The molecule has 0 aliphatic rings. The van der Waals surface area contributed by atoms with Crippen molar-refractivity contribution in [2.24, 2.45) is 0 Å². The van der Waals surface area contributed by atoms with E-state index in [9.17, 15) is 14.4 Å². The molecule has 0 aliphatic heterocycles. The first kappa shape index (κ1) is 19.4. The van der Waals surface area contributed by atoms with Crippen LogP contribution in [0.1, 0.15) is 41.5 Å². The Morgan fingerprint density at radius 2 is 1.05 bits per heavy atom. The molecular weight excluding hydrogens is 278 g/mol. The number of carbonyl (C=O) groups excluding carboxylic acids is 3. The third-order valence-electron chi connectivity index (χ3n) is 2.30. The van der Waals surface area contributed by atoms with E-state index in [0.29, 0.717) is 0 Å². The smallest absolute Gasteiger partial charge is 0.302 e. The molecule has 0 saturated heterocycles. The van der Waals surface area contributed by atoms with Crippen LogP contribution in [0.25, 0.3) is 0 Å². The molecule has 7 heteroatoms. The van der Waals surface area contributed by atoms with Gasteiger partial charge >= 0.3 is 17.9 Å². The number of nitrogens with one attached hydrogen (secondary N) is 1. The van der Waals surface area contributed by atoms with Crippen molar-refractivity contribution >= 4 is 17.9 Å². The van der Waals surface area contributed by atoms with Gasteiger partial charge in [0.05, 0.1) is 0 Å². The zero-order valence-electron chi connectivity index (χ0n) is 13.6. The van der Waals surface area contributed by atoms with Crippen molar-refractivity contribution in [2.45, 2.75) is 52.6 Å². The number of esters is 3. The summed E-state index contributed by atoms with van der Waals surface area (Å²) >= 11 is 0. The summed E-state index contributed by atoms with van der Waals surface area (Å²) < 4.78 is 15.1. The zero-order valence-corrected chi connectivity index (χ0v) is 13.6. The van der Waals surface area contributed by atoms with Crippen LogP contribution < -0.4 is 5.32 Å². The highest BCUT2D eigenvalue weighted by Gasteiger charge is 2.38. The molecule has 0 unspecified atom stereocenters. The largest absolute Gasteiger partial charge is 0.464 e. The minimum Gasteiger partial charge on any atom is -0.464 e. The highest BCUT2D eigenvalue weighted by molar-refractivity contribution is 5.67. The monoisotopic (exact) mass is 303 g/mol. The minimum absolute atomic E-state index is 0.0832. The lowest BCUT2D eigenvalue weighted by Crippen LogP contribution is -2.62. The van der Waals surface area contributed by atoms with Gasteiger partial charge in [-0.3, -0.25) is 19.7 Å². The van der Waals surface area contributed by atoms with Gasteiger partial charge in [0.2, 0.25) is 0 Å². The van der Waals surface area contributed by atoms with Crippen molar-refractivity contribution in [3.8, 4) is 0 Å². The maximum absolute atomic E-state index is 11.1. The fraction of sp³-hybridized carbons (Fsp3) is 0.786. The van der Waals surface area contributed by atoms with E-state index < -0.39 is 23.4 Å². The molecule has 0 amide bonds. The first-order valence-electron chi connectivity index (χ1n) is 6.65. The van der Waals surface area contributed by atoms with Crippen LogP contribution in [0.3, 0.4) is 0 Å². The van der Waals surface area contributed by atoms with Gasteiger partial charge in [-0.1, -0.05) is 0 Å². The van der Waals surface area contributed by atoms with E-state index in [4.69, 9.17) is 14.2 Å². The van der Waals surface area contributed by atoms with Crippen molar-refractivity contribution in [1.82, 2.24) is 5.32 Å². The second kappa shape index (κ2) is 7.97. The molecule has 21 heavy (non-hydrogen) atoms. The van der Waals surface area contributed by atoms with Gasteiger partial charge in [0.15, 0.2) is 0 Å². The molecule has 0 heterocycles. The lowest BCUT2D eigenvalue weighted by atomic mass is 9.97. The fourth-order valence-corrected chi connectivity index (χ4v) is 1.75. The normalized spacial score (nSPS) is 11.7. The molecule has 0 aromatic carbocycles. The summed E-state index contributed by atoms with van der Waals surface area (Å²) in [5.41, 5.74) is -1.37. The molecule has 0 saturated carbocycles. The molecule has 0 radical (unpaired) electrons. The van der Waals surface area contributed by atoms with Gasteiger partial charge in [0.25, 0.3) is 0 Å². The van der Waals surface area contributed by atoms with Crippen LogP contribution in [-0.4, -0.2) is 48.8 Å². The summed E-state index contributed by atoms with van der Waals surface area (Å²) in [6.07, 6.45) is 0. The van der Waals surface area contributed by atoms with E-state index in [1.807, 2.05) is 20.8 Å². The third kappa shape index (κ3) is 9.84. The molecule has 0 aliphatic carbocycles. The Morgan fingerprint density at radius 1 is 0.762 bits per heavy atom. The molecule has 0 atom stereocenters. The molecule has 0 bridgehead atoms. The van der Waals surface area contributed by atoms with Crippen LogP contribution >= 0.6 is 0 Å². The van der Waals surface area contributed by atoms with Crippen molar-refractivity contribution < 1.29 is 28.6 Å². The van der Waals surface area contributed by atoms with Crippen molar-refractivity contribution in [2.75, 3.05) is 19.8 Å². The molecule has 7 nitrogen and oxygen atoms in total. The number of rotatable bonds is 7. The maximum atomic E-state index is 11.1. The minimum atomic E-state index is -0.999. The molecule has 0 fully saturated rings. The Bertz CT molecular complexity index is 340. The highest BCUT2D eigenvalue weighted by Crippen LogP contribution is 2.15. The molecular formula is C14H25NO6. The summed E-state index contributed by atoms with van der Waals surface area (Å²) in [7, 11) is 0. The van der Waals surface area contributed by atoms with Crippen LogP contribution in [0, 0.1) is 0 Å². The Kier molecular flexibility index (Phi) is 7.35. The third-order valence-corrected chi connectivity index (χ3v) is 2.30. The summed E-state index contributed by atoms with van der Waals surface area (Å²) in [6, 6.07) is 0. The Hall–Kier alpha value is -1.63. The van der Waals surface area contributed by atoms with E-state index in [2.05, 4.69) is 5.32 Å². The first-order chi connectivity index (χ1) is 9.46. The second-order valence-corrected chi connectivity index (χ2v) is 6.00. The topological polar surface area (TPSA) is 90.9 Å². The summed E-state index contributed by atoms with van der Waals surface area (Å²) in [5.74, 6) is -1.41. The van der Waals surface area contributed by atoms with E-state index in [0.717, 1.165) is 0 Å². The van der Waals surface area contributed by atoms with Crippen molar-refractivity contribution in [3.05, 3.63) is 0 Å². The second-order valence-electron chi connectivity index (χ2n) is 6.00. The highest BCUT2D eigenvalue weighted by atomic mass is 16.6. The molecule has 0 spiro atoms. The van der Waals surface area contributed by atoms with Gasteiger partial charge in [-0.05, 0) is 20.8 Å². The van der Waals surface area contributed by atoms with Crippen molar-refractivity contribution in [3.63, 3.8) is 0 Å². The number of hydrogen-bond donors (Lipinski definition) is 1. The van der Waals surface area contributed by atoms with Crippen LogP contribution in [0.15, 0.2) is 0 Å². The average molecular weight is 303 g/mol. The molecule has 0 aromatic rings. The van der Waals surface area contributed by atoms with Crippen LogP contribution in [-0.2, 0) is 28.6 Å². The fourth-order valence-electron chi connectivity index (χ4n) is 1.75. The van der Waals surface area contributed by atoms with Crippen LogP contribution in [0.4, 0.5) is 0 Å². The van der Waals surface area contributed by atoms with E-state index in [1.54, 1.807) is 0 Å².